The molecule has 0 spiro atoms. The van der Waals surface area contributed by atoms with Crippen molar-refractivity contribution in [3.63, 3.8) is 0 Å². The molecule has 0 heterocycles. The molecule has 0 aliphatic heterocycles. The Hall–Kier alpha value is -0.880. The van der Waals surface area contributed by atoms with Crippen LogP contribution < -0.4 is 12.3 Å². The molecule has 1 atom stereocenters. The van der Waals surface area contributed by atoms with Gasteiger partial charge in [-0.15, -0.1) is 0 Å². The Bertz CT molecular complexity index is 567. The van der Waals surface area contributed by atoms with E-state index in [2.05, 4.69) is 9.05 Å². The molecule has 0 saturated carbocycles. The number of halogens is 13. The van der Waals surface area contributed by atoms with Crippen molar-refractivity contribution in [2.75, 3.05) is 6.61 Å². The van der Waals surface area contributed by atoms with Crippen molar-refractivity contribution in [3.8, 4) is 0 Å². The molecule has 0 aliphatic rings. The summed E-state index contributed by atoms with van der Waals surface area (Å²) >= 11 is 0. The SMILES string of the molecule is CCOP(=O)(O)OC(F)(F)C(F)(F)C(F)(F)C(F)(F)C(F)(F)C(F)(F)F.N.N. The maximum atomic E-state index is 13.1. The Balaban J connectivity index is -0.00000312. The van der Waals surface area contributed by atoms with E-state index in [0.29, 0.717) is 0 Å². The van der Waals surface area contributed by atoms with E-state index >= 15 is 0 Å². The predicted molar refractivity (Wildman–Crippen MR) is 63.4 cm³/mol. The topological polar surface area (TPSA) is 126 Å². The molecule has 1 unspecified atom stereocenters. The molecule has 20 heteroatoms. The second kappa shape index (κ2) is 8.47. The van der Waals surface area contributed by atoms with Crippen molar-refractivity contribution >= 4 is 7.82 Å². The van der Waals surface area contributed by atoms with Crippen molar-refractivity contribution in [2.24, 2.45) is 0 Å². The van der Waals surface area contributed by atoms with Gasteiger partial charge in [-0.1, -0.05) is 0 Å². The first-order valence-corrected chi connectivity index (χ1v) is 7.15. The highest BCUT2D eigenvalue weighted by molar-refractivity contribution is 7.47. The van der Waals surface area contributed by atoms with Crippen molar-refractivity contribution < 1.29 is 75.6 Å². The van der Waals surface area contributed by atoms with E-state index in [9.17, 15) is 61.6 Å². The summed E-state index contributed by atoms with van der Waals surface area (Å²) in [5.74, 6) is -32.0. The minimum absolute atomic E-state index is 0. The number of hydrogen-bond acceptors (Lipinski definition) is 5. The Labute approximate surface area is 146 Å². The second-order valence-electron chi connectivity index (χ2n) is 4.29. The third-order valence-corrected chi connectivity index (χ3v) is 3.47. The highest BCUT2D eigenvalue weighted by Crippen LogP contribution is 2.62. The van der Waals surface area contributed by atoms with Gasteiger partial charge in [0.25, 0.3) is 0 Å². The van der Waals surface area contributed by atoms with Crippen LogP contribution in [0.15, 0.2) is 0 Å². The number of phosphoric acid groups is 1. The van der Waals surface area contributed by atoms with Gasteiger partial charge in [0.2, 0.25) is 0 Å². The van der Waals surface area contributed by atoms with Crippen LogP contribution in [0, 0.1) is 0 Å². The fourth-order valence-corrected chi connectivity index (χ4v) is 1.93. The predicted octanol–water partition coefficient (Wildman–Crippen LogP) is 5.16. The minimum atomic E-state index is -8.13. The maximum absolute atomic E-state index is 13.1. The first-order valence-electron chi connectivity index (χ1n) is 5.65. The van der Waals surface area contributed by atoms with E-state index in [4.69, 9.17) is 4.89 Å². The number of phosphoric ester groups is 1. The van der Waals surface area contributed by atoms with Crippen LogP contribution in [0.1, 0.15) is 6.92 Å². The zero-order chi connectivity index (χ0) is 21.6. The van der Waals surface area contributed by atoms with Crippen LogP contribution in [0.2, 0.25) is 0 Å². The highest BCUT2D eigenvalue weighted by atomic mass is 31.2. The van der Waals surface area contributed by atoms with Crippen molar-refractivity contribution in [2.45, 2.75) is 42.9 Å². The van der Waals surface area contributed by atoms with Crippen molar-refractivity contribution in [1.29, 1.82) is 0 Å². The molecule has 0 rings (SSSR count). The van der Waals surface area contributed by atoms with Crippen LogP contribution in [-0.4, -0.2) is 47.5 Å². The van der Waals surface area contributed by atoms with E-state index in [1.54, 1.807) is 0 Å². The average molecular weight is 478 g/mol. The fourth-order valence-electron chi connectivity index (χ4n) is 1.15. The standard InChI is InChI=1S/C8H6F13O4P.2H3N/c1-2-24-26(22,23)25-8(20,21)6(15,16)4(11,12)3(9,10)5(13,14)7(17,18)19;;/h2H2,1H3,(H,22,23);2*1H3. The molecule has 0 saturated heterocycles. The van der Waals surface area contributed by atoms with E-state index in [1.807, 2.05) is 0 Å². The summed E-state index contributed by atoms with van der Waals surface area (Å²) < 4.78 is 181. The van der Waals surface area contributed by atoms with Crippen molar-refractivity contribution in [3.05, 3.63) is 0 Å². The van der Waals surface area contributed by atoms with E-state index < -0.39 is 50.4 Å². The lowest BCUT2D eigenvalue weighted by molar-refractivity contribution is -0.457. The van der Waals surface area contributed by atoms with Crippen LogP contribution in [0.3, 0.4) is 0 Å². The quantitative estimate of drug-likeness (QED) is 0.327. The third kappa shape index (κ3) is 4.99. The molecular formula is C8H12F13N2O4P. The van der Waals surface area contributed by atoms with Gasteiger partial charge in [-0.25, -0.2) is 9.09 Å². The summed E-state index contributed by atoms with van der Waals surface area (Å²) in [6.45, 7) is -0.288. The molecule has 0 aromatic rings. The molecule has 0 aromatic carbocycles. The molecule has 0 amide bonds. The number of rotatable bonds is 8. The van der Waals surface area contributed by atoms with Gasteiger partial charge >= 0.3 is 43.8 Å². The molecular weight excluding hydrogens is 466 g/mol. The van der Waals surface area contributed by atoms with E-state index in [-0.39, 0.29) is 12.3 Å². The van der Waals surface area contributed by atoms with Crippen molar-refractivity contribution in [1.82, 2.24) is 12.3 Å². The Kier molecular flexibility index (Phi) is 9.62. The van der Waals surface area contributed by atoms with Gasteiger partial charge in [-0.2, -0.15) is 57.1 Å². The third-order valence-electron chi connectivity index (χ3n) is 2.43. The Morgan fingerprint density at radius 2 is 1.04 bits per heavy atom. The largest absolute Gasteiger partial charge is 0.477 e. The van der Waals surface area contributed by atoms with Gasteiger partial charge < -0.3 is 17.2 Å². The average Bonchev–Trinajstić information content (AvgIpc) is 2.34. The summed E-state index contributed by atoms with van der Waals surface area (Å²) in [7, 11) is -6.32. The molecule has 6 nitrogen and oxygen atoms in total. The van der Waals surface area contributed by atoms with Crippen LogP contribution in [-0.2, 0) is 13.6 Å². The minimum Gasteiger partial charge on any atom is -0.344 e. The van der Waals surface area contributed by atoms with Crippen LogP contribution in [0.25, 0.3) is 0 Å². The van der Waals surface area contributed by atoms with E-state index in [0.717, 1.165) is 6.92 Å². The van der Waals surface area contributed by atoms with Gasteiger partial charge in [-0.3, -0.25) is 4.52 Å². The lowest BCUT2D eigenvalue weighted by Gasteiger charge is -2.39. The first kappa shape index (κ1) is 31.8. The Morgan fingerprint density at radius 1 is 0.714 bits per heavy atom. The van der Waals surface area contributed by atoms with Crippen LogP contribution in [0.5, 0.6) is 0 Å². The monoisotopic (exact) mass is 478 g/mol. The fraction of sp³-hybridized carbons (Fsp3) is 1.00. The van der Waals surface area contributed by atoms with Gasteiger partial charge in [0, 0.05) is 0 Å². The molecule has 28 heavy (non-hydrogen) atoms. The molecule has 7 N–H and O–H groups in total. The summed E-state index contributed by atoms with van der Waals surface area (Å²) in [4.78, 5) is 8.51. The Morgan fingerprint density at radius 3 is 1.32 bits per heavy atom. The van der Waals surface area contributed by atoms with E-state index in [1.165, 1.54) is 0 Å². The summed E-state index contributed by atoms with van der Waals surface area (Å²) in [5, 5.41) is 0. The molecule has 0 aromatic heterocycles. The van der Waals surface area contributed by atoms with Crippen LogP contribution >= 0.6 is 7.82 Å². The lowest BCUT2D eigenvalue weighted by atomic mass is 9.97. The van der Waals surface area contributed by atoms with Gasteiger partial charge in [0.15, 0.2) is 0 Å². The maximum Gasteiger partial charge on any atom is 0.477 e. The molecule has 0 fully saturated rings. The summed E-state index contributed by atoms with van der Waals surface area (Å²) in [5.41, 5.74) is 0. The zero-order valence-electron chi connectivity index (χ0n) is 13.2. The summed E-state index contributed by atoms with van der Waals surface area (Å²) in [6, 6.07) is 0. The van der Waals surface area contributed by atoms with Gasteiger partial charge in [0.1, 0.15) is 0 Å². The molecule has 0 radical (unpaired) electrons. The number of hydrogen-bond donors (Lipinski definition) is 3. The summed E-state index contributed by atoms with van der Waals surface area (Å²) in [6.07, 6.45) is -14.7. The van der Waals surface area contributed by atoms with Gasteiger partial charge in [-0.05, 0) is 6.92 Å². The lowest BCUT2D eigenvalue weighted by Crippen LogP contribution is -2.70. The molecule has 0 bridgehead atoms. The molecule has 174 valence electrons. The highest BCUT2D eigenvalue weighted by Gasteiger charge is 2.91. The smallest absolute Gasteiger partial charge is 0.344 e. The van der Waals surface area contributed by atoms with Gasteiger partial charge in [0.05, 0.1) is 6.61 Å². The number of alkyl halides is 13. The molecule has 0 aliphatic carbocycles. The normalized spacial score (nSPS) is 16.7. The first-order chi connectivity index (χ1) is 11.0. The zero-order valence-corrected chi connectivity index (χ0v) is 14.0. The second-order valence-corrected chi connectivity index (χ2v) is 5.67. The van der Waals surface area contributed by atoms with Crippen LogP contribution in [0.4, 0.5) is 57.1 Å².